The molecule has 15 heavy (non-hydrogen) atoms. The number of hydrogen-bond acceptors (Lipinski definition) is 1. The van der Waals surface area contributed by atoms with Crippen molar-refractivity contribution >= 4 is 5.97 Å². The SMILES string of the molecule is CC(C)(C)C1CCC(CCC(=O)O)CC1. The summed E-state index contributed by atoms with van der Waals surface area (Å²) in [6.45, 7) is 6.94. The molecule has 0 aliphatic heterocycles. The molecule has 0 bridgehead atoms. The van der Waals surface area contributed by atoms with Crippen LogP contribution in [0.25, 0.3) is 0 Å². The highest BCUT2D eigenvalue weighted by Crippen LogP contribution is 2.40. The van der Waals surface area contributed by atoms with E-state index < -0.39 is 5.97 Å². The van der Waals surface area contributed by atoms with Gasteiger partial charge in [-0.2, -0.15) is 0 Å². The summed E-state index contributed by atoms with van der Waals surface area (Å²) in [7, 11) is 0. The smallest absolute Gasteiger partial charge is 0.303 e. The number of aliphatic carboxylic acids is 1. The second-order valence-electron chi connectivity index (χ2n) is 6.02. The molecule has 0 atom stereocenters. The molecule has 0 aromatic rings. The summed E-state index contributed by atoms with van der Waals surface area (Å²) in [5.74, 6) is 0.853. The molecule has 1 aliphatic rings. The standard InChI is InChI=1S/C13H24O2/c1-13(2,3)11-7-4-10(5-8-11)6-9-12(14)15/h10-11H,4-9H2,1-3H3,(H,14,15). The van der Waals surface area contributed by atoms with Crippen molar-refractivity contribution in [2.45, 2.75) is 59.3 Å². The van der Waals surface area contributed by atoms with Crippen LogP contribution in [0.5, 0.6) is 0 Å². The van der Waals surface area contributed by atoms with E-state index in [0.717, 1.165) is 12.3 Å². The number of carboxylic acid groups (broad SMARTS) is 1. The first-order chi connectivity index (χ1) is 6.89. The van der Waals surface area contributed by atoms with E-state index in [-0.39, 0.29) is 0 Å². The summed E-state index contributed by atoms with van der Waals surface area (Å²) in [6, 6.07) is 0. The Morgan fingerprint density at radius 1 is 1.20 bits per heavy atom. The van der Waals surface area contributed by atoms with E-state index in [0.29, 0.717) is 17.8 Å². The highest BCUT2D eigenvalue weighted by atomic mass is 16.4. The third-order valence-corrected chi connectivity index (χ3v) is 3.84. The van der Waals surface area contributed by atoms with Crippen LogP contribution in [0.15, 0.2) is 0 Å². The van der Waals surface area contributed by atoms with Crippen molar-refractivity contribution in [1.29, 1.82) is 0 Å². The molecule has 0 saturated heterocycles. The van der Waals surface area contributed by atoms with Gasteiger partial charge in [0.15, 0.2) is 0 Å². The first kappa shape index (κ1) is 12.5. The summed E-state index contributed by atoms with van der Waals surface area (Å²) in [5, 5.41) is 8.63. The minimum Gasteiger partial charge on any atom is -0.481 e. The normalized spacial score (nSPS) is 27.7. The summed E-state index contributed by atoms with van der Waals surface area (Å²) in [4.78, 5) is 10.5. The van der Waals surface area contributed by atoms with Crippen molar-refractivity contribution in [2.75, 3.05) is 0 Å². The van der Waals surface area contributed by atoms with Crippen molar-refractivity contribution in [1.82, 2.24) is 0 Å². The lowest BCUT2D eigenvalue weighted by atomic mass is 9.69. The maximum atomic E-state index is 10.5. The van der Waals surface area contributed by atoms with E-state index in [4.69, 9.17) is 5.11 Å². The second-order valence-corrected chi connectivity index (χ2v) is 6.02. The molecular formula is C13H24O2. The zero-order valence-electron chi connectivity index (χ0n) is 10.3. The van der Waals surface area contributed by atoms with Gasteiger partial charge in [-0.05, 0) is 36.5 Å². The number of carbonyl (C=O) groups is 1. The monoisotopic (exact) mass is 212 g/mol. The molecular weight excluding hydrogens is 188 g/mol. The molecule has 0 heterocycles. The molecule has 1 saturated carbocycles. The van der Waals surface area contributed by atoms with Crippen molar-refractivity contribution in [3.05, 3.63) is 0 Å². The van der Waals surface area contributed by atoms with Crippen LogP contribution in [0.4, 0.5) is 0 Å². The van der Waals surface area contributed by atoms with Gasteiger partial charge in [0.1, 0.15) is 0 Å². The summed E-state index contributed by atoms with van der Waals surface area (Å²) >= 11 is 0. The van der Waals surface area contributed by atoms with Crippen LogP contribution in [0.3, 0.4) is 0 Å². The van der Waals surface area contributed by atoms with Crippen LogP contribution in [0.1, 0.15) is 59.3 Å². The van der Waals surface area contributed by atoms with Gasteiger partial charge in [-0.3, -0.25) is 4.79 Å². The van der Waals surface area contributed by atoms with Crippen LogP contribution < -0.4 is 0 Å². The Bertz CT molecular complexity index is 207. The molecule has 0 amide bonds. The average molecular weight is 212 g/mol. The largest absolute Gasteiger partial charge is 0.481 e. The van der Waals surface area contributed by atoms with Crippen LogP contribution >= 0.6 is 0 Å². The zero-order chi connectivity index (χ0) is 11.5. The van der Waals surface area contributed by atoms with Gasteiger partial charge in [-0.1, -0.05) is 33.6 Å². The van der Waals surface area contributed by atoms with E-state index in [9.17, 15) is 4.79 Å². The number of hydrogen-bond donors (Lipinski definition) is 1. The molecule has 0 spiro atoms. The fourth-order valence-corrected chi connectivity index (χ4v) is 2.64. The van der Waals surface area contributed by atoms with Gasteiger partial charge in [0, 0.05) is 6.42 Å². The van der Waals surface area contributed by atoms with E-state index in [1.807, 2.05) is 0 Å². The van der Waals surface area contributed by atoms with Gasteiger partial charge in [-0.15, -0.1) is 0 Å². The first-order valence-corrected chi connectivity index (χ1v) is 6.11. The molecule has 0 aromatic carbocycles. The fraction of sp³-hybridized carbons (Fsp3) is 0.923. The molecule has 2 nitrogen and oxygen atoms in total. The van der Waals surface area contributed by atoms with Gasteiger partial charge < -0.3 is 5.11 Å². The van der Waals surface area contributed by atoms with Gasteiger partial charge in [0.05, 0.1) is 0 Å². The van der Waals surface area contributed by atoms with E-state index >= 15 is 0 Å². The molecule has 88 valence electrons. The Balaban J connectivity index is 2.27. The molecule has 1 rings (SSSR count). The molecule has 2 heteroatoms. The lowest BCUT2D eigenvalue weighted by molar-refractivity contribution is -0.137. The third kappa shape index (κ3) is 4.23. The molecule has 1 fully saturated rings. The Morgan fingerprint density at radius 2 is 1.73 bits per heavy atom. The molecule has 0 aromatic heterocycles. The van der Waals surface area contributed by atoms with Crippen molar-refractivity contribution in [3.8, 4) is 0 Å². The van der Waals surface area contributed by atoms with Gasteiger partial charge in [-0.25, -0.2) is 0 Å². The van der Waals surface area contributed by atoms with Gasteiger partial charge in [0.25, 0.3) is 0 Å². The number of carboxylic acids is 1. The zero-order valence-corrected chi connectivity index (χ0v) is 10.3. The number of rotatable bonds is 3. The third-order valence-electron chi connectivity index (χ3n) is 3.84. The lowest BCUT2D eigenvalue weighted by Gasteiger charge is -2.36. The minimum atomic E-state index is -0.645. The van der Waals surface area contributed by atoms with Gasteiger partial charge in [0.2, 0.25) is 0 Å². The Morgan fingerprint density at radius 3 is 2.13 bits per heavy atom. The first-order valence-electron chi connectivity index (χ1n) is 6.11. The molecule has 0 unspecified atom stereocenters. The van der Waals surface area contributed by atoms with Crippen molar-refractivity contribution in [3.63, 3.8) is 0 Å². The van der Waals surface area contributed by atoms with E-state index in [1.165, 1.54) is 25.7 Å². The molecule has 0 radical (unpaired) electrons. The van der Waals surface area contributed by atoms with Crippen LogP contribution in [0.2, 0.25) is 0 Å². The summed E-state index contributed by atoms with van der Waals surface area (Å²) < 4.78 is 0. The average Bonchev–Trinajstić information content (AvgIpc) is 2.14. The Kier molecular flexibility index (Phi) is 4.18. The summed E-state index contributed by atoms with van der Waals surface area (Å²) in [5.41, 5.74) is 0.428. The highest BCUT2D eigenvalue weighted by Gasteiger charge is 2.29. The molecule has 1 N–H and O–H groups in total. The second kappa shape index (κ2) is 5.00. The van der Waals surface area contributed by atoms with E-state index in [2.05, 4.69) is 20.8 Å². The predicted octanol–water partition coefficient (Wildman–Crippen LogP) is 3.70. The predicted molar refractivity (Wildman–Crippen MR) is 61.8 cm³/mol. The molecule has 1 aliphatic carbocycles. The fourth-order valence-electron chi connectivity index (χ4n) is 2.64. The van der Waals surface area contributed by atoms with Crippen molar-refractivity contribution in [2.24, 2.45) is 17.3 Å². The lowest BCUT2D eigenvalue weighted by Crippen LogP contribution is -2.26. The van der Waals surface area contributed by atoms with Gasteiger partial charge >= 0.3 is 5.97 Å². The van der Waals surface area contributed by atoms with Crippen LogP contribution in [0, 0.1) is 17.3 Å². The quantitative estimate of drug-likeness (QED) is 0.774. The van der Waals surface area contributed by atoms with Crippen molar-refractivity contribution < 1.29 is 9.90 Å². The maximum Gasteiger partial charge on any atom is 0.303 e. The summed E-state index contributed by atoms with van der Waals surface area (Å²) in [6.07, 6.45) is 6.27. The van der Waals surface area contributed by atoms with Crippen LogP contribution in [-0.2, 0) is 4.79 Å². The Hall–Kier alpha value is -0.530. The topological polar surface area (TPSA) is 37.3 Å². The minimum absolute atomic E-state index is 0.352. The maximum absolute atomic E-state index is 10.5. The van der Waals surface area contributed by atoms with E-state index in [1.54, 1.807) is 0 Å². The Labute approximate surface area is 93.1 Å². The van der Waals surface area contributed by atoms with Crippen LogP contribution in [-0.4, -0.2) is 11.1 Å². The highest BCUT2D eigenvalue weighted by molar-refractivity contribution is 5.66.